The van der Waals surface area contributed by atoms with Crippen LogP contribution in [0.3, 0.4) is 0 Å². The van der Waals surface area contributed by atoms with Gasteiger partial charge < -0.3 is 16.2 Å². The average Bonchev–Trinajstić information content (AvgIpc) is 2.13. The SMILES string of the molecule is CC(C)(O)CNc1ccc([N+](=O)[O-])c(N)n1. The summed E-state index contributed by atoms with van der Waals surface area (Å²) in [5.74, 6) is 0.246. The highest BCUT2D eigenvalue weighted by molar-refractivity contribution is 5.57. The summed E-state index contributed by atoms with van der Waals surface area (Å²) in [6.07, 6.45) is 0. The highest BCUT2D eigenvalue weighted by atomic mass is 16.6. The van der Waals surface area contributed by atoms with Crippen LogP contribution in [0.4, 0.5) is 17.3 Å². The van der Waals surface area contributed by atoms with Gasteiger partial charge in [-0.3, -0.25) is 10.1 Å². The lowest BCUT2D eigenvalue weighted by Crippen LogP contribution is -2.29. The van der Waals surface area contributed by atoms with Crippen LogP contribution in [0, 0.1) is 10.1 Å². The molecule has 0 unspecified atom stereocenters. The molecule has 0 saturated heterocycles. The van der Waals surface area contributed by atoms with Gasteiger partial charge in [-0.1, -0.05) is 0 Å². The number of nitrogen functional groups attached to an aromatic ring is 1. The molecule has 0 atom stereocenters. The number of aliphatic hydroxyl groups is 1. The van der Waals surface area contributed by atoms with Crippen molar-refractivity contribution >= 4 is 17.3 Å². The number of nitrogens with one attached hydrogen (secondary N) is 1. The van der Waals surface area contributed by atoms with E-state index in [1.54, 1.807) is 13.8 Å². The molecule has 0 fully saturated rings. The third-order valence-corrected chi connectivity index (χ3v) is 1.80. The molecule has 7 heteroatoms. The van der Waals surface area contributed by atoms with Gasteiger partial charge in [0, 0.05) is 12.6 Å². The molecule has 7 nitrogen and oxygen atoms in total. The molecule has 0 radical (unpaired) electrons. The van der Waals surface area contributed by atoms with Crippen LogP contribution in [0.5, 0.6) is 0 Å². The maximum Gasteiger partial charge on any atom is 0.311 e. The summed E-state index contributed by atoms with van der Waals surface area (Å²) in [4.78, 5) is 13.7. The maximum atomic E-state index is 10.5. The fourth-order valence-corrected chi connectivity index (χ4v) is 1.03. The highest BCUT2D eigenvalue weighted by Crippen LogP contribution is 2.20. The minimum atomic E-state index is -0.891. The maximum absolute atomic E-state index is 10.5. The van der Waals surface area contributed by atoms with Crippen LogP contribution in [0.15, 0.2) is 12.1 Å². The van der Waals surface area contributed by atoms with E-state index in [0.717, 1.165) is 0 Å². The predicted molar refractivity (Wildman–Crippen MR) is 60.1 cm³/mol. The molecule has 1 aromatic rings. The summed E-state index contributed by atoms with van der Waals surface area (Å²) in [5.41, 5.74) is 4.29. The molecule has 0 spiro atoms. The zero-order chi connectivity index (χ0) is 12.3. The Morgan fingerprint density at radius 3 is 2.69 bits per heavy atom. The van der Waals surface area contributed by atoms with Crippen LogP contribution in [0.2, 0.25) is 0 Å². The first kappa shape index (κ1) is 12.2. The normalized spacial score (nSPS) is 11.2. The van der Waals surface area contributed by atoms with E-state index >= 15 is 0 Å². The molecule has 1 aromatic heterocycles. The summed E-state index contributed by atoms with van der Waals surface area (Å²) < 4.78 is 0. The second-order valence-electron chi connectivity index (χ2n) is 4.02. The fraction of sp³-hybridized carbons (Fsp3) is 0.444. The zero-order valence-electron chi connectivity index (χ0n) is 9.10. The first-order chi connectivity index (χ1) is 7.29. The van der Waals surface area contributed by atoms with Gasteiger partial charge in [0.1, 0.15) is 5.82 Å². The number of aromatic nitrogens is 1. The Bertz CT molecular complexity index is 400. The van der Waals surface area contributed by atoms with Crippen LogP contribution in [-0.2, 0) is 0 Å². The van der Waals surface area contributed by atoms with Gasteiger partial charge in [0.2, 0.25) is 5.82 Å². The Hall–Kier alpha value is -1.89. The van der Waals surface area contributed by atoms with Crippen molar-refractivity contribution in [3.63, 3.8) is 0 Å². The molecule has 88 valence electrons. The Balaban J connectivity index is 2.78. The summed E-state index contributed by atoms with van der Waals surface area (Å²) in [5, 5.41) is 22.8. The second kappa shape index (κ2) is 4.31. The molecule has 4 N–H and O–H groups in total. The third-order valence-electron chi connectivity index (χ3n) is 1.80. The summed E-state index contributed by atoms with van der Waals surface area (Å²) in [6.45, 7) is 3.54. The molecular weight excluding hydrogens is 212 g/mol. The number of rotatable bonds is 4. The summed E-state index contributed by atoms with van der Waals surface area (Å²) in [6, 6.07) is 2.72. The van der Waals surface area contributed by atoms with E-state index in [9.17, 15) is 15.2 Å². The number of hydrogen-bond acceptors (Lipinski definition) is 6. The molecule has 0 saturated carbocycles. The van der Waals surface area contributed by atoms with Crippen LogP contribution in [-0.4, -0.2) is 27.2 Å². The van der Waals surface area contributed by atoms with Crippen molar-refractivity contribution in [2.75, 3.05) is 17.6 Å². The molecule has 16 heavy (non-hydrogen) atoms. The molecule has 0 aliphatic rings. The van der Waals surface area contributed by atoms with Gasteiger partial charge in [0.05, 0.1) is 10.5 Å². The van der Waals surface area contributed by atoms with Crippen LogP contribution < -0.4 is 11.1 Å². The number of hydrogen-bond donors (Lipinski definition) is 3. The summed E-state index contributed by atoms with van der Waals surface area (Å²) in [7, 11) is 0. The van der Waals surface area contributed by atoms with Gasteiger partial charge in [-0.15, -0.1) is 0 Å². The highest BCUT2D eigenvalue weighted by Gasteiger charge is 2.15. The van der Waals surface area contributed by atoms with Gasteiger partial charge in [0.25, 0.3) is 0 Å². The van der Waals surface area contributed by atoms with Gasteiger partial charge in [-0.2, -0.15) is 0 Å². The van der Waals surface area contributed by atoms with E-state index in [0.29, 0.717) is 5.82 Å². The van der Waals surface area contributed by atoms with Gasteiger partial charge >= 0.3 is 5.69 Å². The lowest BCUT2D eigenvalue weighted by atomic mass is 10.1. The van der Waals surface area contributed by atoms with E-state index in [1.165, 1.54) is 12.1 Å². The topological polar surface area (TPSA) is 114 Å². The Labute approximate surface area is 92.4 Å². The Kier molecular flexibility index (Phi) is 3.28. The first-order valence-corrected chi connectivity index (χ1v) is 4.67. The van der Waals surface area contributed by atoms with E-state index in [2.05, 4.69) is 10.3 Å². The standard InChI is InChI=1S/C9H14N4O3/c1-9(2,14)5-11-7-4-3-6(13(15)16)8(10)12-7/h3-4,14H,5H2,1-2H3,(H3,10,11,12). The molecule has 0 amide bonds. The molecule has 0 aromatic carbocycles. The van der Waals surface area contributed by atoms with Crippen molar-refractivity contribution in [2.24, 2.45) is 0 Å². The van der Waals surface area contributed by atoms with E-state index in [4.69, 9.17) is 5.73 Å². The number of pyridine rings is 1. The lowest BCUT2D eigenvalue weighted by Gasteiger charge is -2.17. The number of nitrogens with zero attached hydrogens (tertiary/aromatic N) is 2. The number of nitrogens with two attached hydrogens (primary N) is 1. The van der Waals surface area contributed by atoms with Crippen molar-refractivity contribution in [3.05, 3.63) is 22.2 Å². The molecular formula is C9H14N4O3. The summed E-state index contributed by atoms with van der Waals surface area (Å²) >= 11 is 0. The first-order valence-electron chi connectivity index (χ1n) is 4.67. The quantitative estimate of drug-likeness (QED) is 0.515. The molecule has 0 aliphatic carbocycles. The van der Waals surface area contributed by atoms with Crippen molar-refractivity contribution in [3.8, 4) is 0 Å². The fourth-order valence-electron chi connectivity index (χ4n) is 1.03. The monoisotopic (exact) mass is 226 g/mol. The van der Waals surface area contributed by atoms with Crippen molar-refractivity contribution < 1.29 is 10.0 Å². The Morgan fingerprint density at radius 1 is 1.62 bits per heavy atom. The average molecular weight is 226 g/mol. The Morgan fingerprint density at radius 2 is 2.25 bits per heavy atom. The molecule has 1 heterocycles. The minimum Gasteiger partial charge on any atom is -0.389 e. The van der Waals surface area contributed by atoms with Crippen molar-refractivity contribution in [2.45, 2.75) is 19.4 Å². The van der Waals surface area contributed by atoms with Crippen molar-refractivity contribution in [1.29, 1.82) is 0 Å². The van der Waals surface area contributed by atoms with E-state index in [1.807, 2.05) is 0 Å². The molecule has 0 bridgehead atoms. The van der Waals surface area contributed by atoms with E-state index < -0.39 is 10.5 Å². The zero-order valence-corrected chi connectivity index (χ0v) is 9.10. The van der Waals surface area contributed by atoms with Gasteiger partial charge in [0.15, 0.2) is 0 Å². The third kappa shape index (κ3) is 3.35. The molecule has 0 aliphatic heterocycles. The van der Waals surface area contributed by atoms with Crippen LogP contribution in [0.1, 0.15) is 13.8 Å². The minimum absolute atomic E-state index is 0.147. The second-order valence-corrected chi connectivity index (χ2v) is 4.02. The number of nitro groups is 1. The number of anilines is 2. The predicted octanol–water partition coefficient (Wildman–Crippen LogP) is 0.755. The largest absolute Gasteiger partial charge is 0.389 e. The van der Waals surface area contributed by atoms with Gasteiger partial charge in [-0.25, -0.2) is 4.98 Å². The lowest BCUT2D eigenvalue weighted by molar-refractivity contribution is -0.384. The smallest absolute Gasteiger partial charge is 0.311 e. The van der Waals surface area contributed by atoms with E-state index in [-0.39, 0.29) is 18.1 Å². The van der Waals surface area contributed by atoms with Gasteiger partial charge in [-0.05, 0) is 19.9 Å². The van der Waals surface area contributed by atoms with Crippen molar-refractivity contribution in [1.82, 2.24) is 4.98 Å². The van der Waals surface area contributed by atoms with Crippen LogP contribution >= 0.6 is 0 Å². The van der Waals surface area contributed by atoms with Crippen LogP contribution in [0.25, 0.3) is 0 Å². The molecule has 1 rings (SSSR count).